The summed E-state index contributed by atoms with van der Waals surface area (Å²) >= 11 is 0. The van der Waals surface area contributed by atoms with E-state index in [1.165, 1.54) is 0 Å². The van der Waals surface area contributed by atoms with Gasteiger partial charge < -0.3 is 23.9 Å². The number of ether oxygens (including phenoxy) is 3. The molecule has 5 nitrogen and oxygen atoms in total. The Hall–Kier alpha value is -0.880. The Morgan fingerprint density at radius 1 is 1.25 bits per heavy atom. The fraction of sp³-hybridized carbons (Fsp3) is 0.733. The van der Waals surface area contributed by atoms with E-state index in [1.807, 2.05) is 12.1 Å². The third-order valence-corrected chi connectivity index (χ3v) is 3.91. The minimum absolute atomic E-state index is 0.119. The minimum Gasteiger partial charge on any atom is -0.465 e. The van der Waals surface area contributed by atoms with E-state index in [2.05, 4.69) is 12.2 Å². The first-order valence-electron chi connectivity index (χ1n) is 7.47. The van der Waals surface area contributed by atoms with E-state index < -0.39 is 0 Å². The summed E-state index contributed by atoms with van der Waals surface area (Å²) in [5.41, 5.74) is 0. The lowest BCUT2D eigenvalue weighted by atomic mass is 10.1. The molecule has 0 aromatic carbocycles. The minimum atomic E-state index is -0.384. The molecule has 1 aromatic heterocycles. The average molecular weight is 281 g/mol. The van der Waals surface area contributed by atoms with Crippen LogP contribution in [0.25, 0.3) is 0 Å². The molecule has 0 radical (unpaired) electrons. The van der Waals surface area contributed by atoms with E-state index in [1.54, 1.807) is 0 Å². The van der Waals surface area contributed by atoms with Crippen LogP contribution in [0.1, 0.15) is 31.3 Å². The predicted molar refractivity (Wildman–Crippen MR) is 73.4 cm³/mol. The molecule has 3 heterocycles. The molecule has 2 aliphatic rings. The van der Waals surface area contributed by atoms with Crippen LogP contribution in [0.15, 0.2) is 16.5 Å². The number of aryl methyl sites for hydroxylation is 1. The molecular formula is C15H23NO4. The van der Waals surface area contributed by atoms with Gasteiger partial charge in [0.15, 0.2) is 5.79 Å². The summed E-state index contributed by atoms with van der Waals surface area (Å²) in [5.74, 6) is 1.62. The summed E-state index contributed by atoms with van der Waals surface area (Å²) in [7, 11) is 0. The smallest absolute Gasteiger partial charge is 0.173 e. The first-order chi connectivity index (χ1) is 9.80. The van der Waals surface area contributed by atoms with Gasteiger partial charge in [-0.1, -0.05) is 6.92 Å². The van der Waals surface area contributed by atoms with Crippen molar-refractivity contribution in [2.45, 2.75) is 44.6 Å². The Morgan fingerprint density at radius 2 is 2.05 bits per heavy atom. The molecule has 1 spiro atoms. The highest BCUT2D eigenvalue weighted by molar-refractivity contribution is 5.06. The van der Waals surface area contributed by atoms with Gasteiger partial charge in [0.2, 0.25) is 0 Å². The van der Waals surface area contributed by atoms with E-state index in [9.17, 15) is 0 Å². The summed E-state index contributed by atoms with van der Waals surface area (Å²) < 4.78 is 22.9. The lowest BCUT2D eigenvalue weighted by Crippen LogP contribution is -2.39. The van der Waals surface area contributed by atoms with Crippen LogP contribution >= 0.6 is 0 Å². The molecule has 20 heavy (non-hydrogen) atoms. The molecule has 5 heteroatoms. The van der Waals surface area contributed by atoms with Crippen LogP contribution in [0.2, 0.25) is 0 Å². The second-order valence-corrected chi connectivity index (χ2v) is 5.43. The summed E-state index contributed by atoms with van der Waals surface area (Å²) in [5, 5.41) is 3.37. The standard InChI is InChI=1S/C15H23NO4/c1-2-12-3-4-13(19-12)9-16-10-14-11-18-15(20-14)5-7-17-8-6-15/h3-4,14,16H,2,5-11H2,1H3/t14-/m1/s1. The Bertz CT molecular complexity index is 425. The van der Waals surface area contributed by atoms with Crippen molar-refractivity contribution in [3.8, 4) is 0 Å². The largest absolute Gasteiger partial charge is 0.465 e. The van der Waals surface area contributed by atoms with Crippen LogP contribution in [-0.4, -0.2) is 38.3 Å². The number of nitrogens with one attached hydrogen (secondary N) is 1. The lowest BCUT2D eigenvalue weighted by molar-refractivity contribution is -0.210. The Balaban J connectivity index is 1.41. The van der Waals surface area contributed by atoms with E-state index in [-0.39, 0.29) is 11.9 Å². The average Bonchev–Trinajstić information content (AvgIpc) is 3.08. The molecule has 0 unspecified atom stereocenters. The van der Waals surface area contributed by atoms with Crippen LogP contribution in [0.4, 0.5) is 0 Å². The summed E-state index contributed by atoms with van der Waals surface area (Å²) in [4.78, 5) is 0. The van der Waals surface area contributed by atoms with Crippen molar-refractivity contribution in [3.63, 3.8) is 0 Å². The van der Waals surface area contributed by atoms with Crippen LogP contribution in [0, 0.1) is 0 Å². The molecule has 2 fully saturated rings. The van der Waals surface area contributed by atoms with E-state index in [4.69, 9.17) is 18.6 Å². The third kappa shape index (κ3) is 3.23. The van der Waals surface area contributed by atoms with Gasteiger partial charge in [0.25, 0.3) is 0 Å². The molecule has 2 saturated heterocycles. The highest BCUT2D eigenvalue weighted by atomic mass is 16.7. The fourth-order valence-electron chi connectivity index (χ4n) is 2.73. The molecule has 112 valence electrons. The molecule has 0 bridgehead atoms. The zero-order chi connectivity index (χ0) is 13.8. The van der Waals surface area contributed by atoms with Crippen molar-refractivity contribution < 1.29 is 18.6 Å². The predicted octanol–water partition coefficient (Wildman–Crippen LogP) is 1.85. The van der Waals surface area contributed by atoms with Gasteiger partial charge in [-0.05, 0) is 12.1 Å². The third-order valence-electron chi connectivity index (χ3n) is 3.91. The van der Waals surface area contributed by atoms with Gasteiger partial charge in [0.1, 0.15) is 11.5 Å². The zero-order valence-electron chi connectivity index (χ0n) is 12.0. The van der Waals surface area contributed by atoms with E-state index in [0.717, 1.165) is 57.1 Å². The summed E-state index contributed by atoms with van der Waals surface area (Å²) in [6, 6.07) is 4.06. The maximum absolute atomic E-state index is 6.06. The number of furan rings is 1. The van der Waals surface area contributed by atoms with Crippen molar-refractivity contribution >= 4 is 0 Å². The molecule has 0 amide bonds. The molecule has 2 aliphatic heterocycles. The molecular weight excluding hydrogens is 258 g/mol. The summed E-state index contributed by atoms with van der Waals surface area (Å²) in [6.07, 6.45) is 2.72. The van der Waals surface area contributed by atoms with Gasteiger partial charge in [-0.2, -0.15) is 0 Å². The van der Waals surface area contributed by atoms with E-state index >= 15 is 0 Å². The summed E-state index contributed by atoms with van der Waals surface area (Å²) in [6.45, 7) is 5.72. The van der Waals surface area contributed by atoms with Gasteiger partial charge in [0.05, 0.1) is 32.5 Å². The van der Waals surface area contributed by atoms with Crippen LogP contribution in [0.5, 0.6) is 0 Å². The van der Waals surface area contributed by atoms with Gasteiger partial charge in [-0.15, -0.1) is 0 Å². The Labute approximate surface area is 119 Å². The topological polar surface area (TPSA) is 52.9 Å². The van der Waals surface area contributed by atoms with Crippen molar-refractivity contribution in [2.75, 3.05) is 26.4 Å². The van der Waals surface area contributed by atoms with Crippen molar-refractivity contribution in [1.82, 2.24) is 5.32 Å². The van der Waals surface area contributed by atoms with E-state index in [0.29, 0.717) is 6.61 Å². The Morgan fingerprint density at radius 3 is 2.80 bits per heavy atom. The van der Waals surface area contributed by atoms with Gasteiger partial charge in [0, 0.05) is 25.8 Å². The number of hydrogen-bond donors (Lipinski definition) is 1. The molecule has 3 rings (SSSR count). The quantitative estimate of drug-likeness (QED) is 0.892. The van der Waals surface area contributed by atoms with Crippen molar-refractivity contribution in [1.29, 1.82) is 0 Å². The zero-order valence-corrected chi connectivity index (χ0v) is 12.0. The first kappa shape index (κ1) is 14.1. The fourth-order valence-corrected chi connectivity index (χ4v) is 2.73. The van der Waals surface area contributed by atoms with Crippen molar-refractivity contribution in [2.24, 2.45) is 0 Å². The SMILES string of the molecule is CCc1ccc(CNC[C@@H]2COC3(CCOCC3)O2)o1. The second-order valence-electron chi connectivity index (χ2n) is 5.43. The first-order valence-corrected chi connectivity index (χ1v) is 7.47. The monoisotopic (exact) mass is 281 g/mol. The van der Waals surface area contributed by atoms with Crippen LogP contribution in [0.3, 0.4) is 0 Å². The maximum Gasteiger partial charge on any atom is 0.173 e. The molecule has 1 atom stereocenters. The molecule has 0 aliphatic carbocycles. The normalized spacial score (nSPS) is 25.4. The molecule has 0 saturated carbocycles. The van der Waals surface area contributed by atoms with Crippen molar-refractivity contribution in [3.05, 3.63) is 23.7 Å². The number of hydrogen-bond acceptors (Lipinski definition) is 5. The van der Waals surface area contributed by atoms with Crippen LogP contribution in [-0.2, 0) is 27.2 Å². The van der Waals surface area contributed by atoms with Crippen LogP contribution < -0.4 is 5.32 Å². The molecule has 1 aromatic rings. The Kier molecular flexibility index (Phi) is 4.41. The maximum atomic E-state index is 6.06. The lowest BCUT2D eigenvalue weighted by Gasteiger charge is -2.31. The highest BCUT2D eigenvalue weighted by Gasteiger charge is 2.42. The van der Waals surface area contributed by atoms with Gasteiger partial charge >= 0.3 is 0 Å². The number of rotatable bonds is 5. The molecule has 1 N–H and O–H groups in total. The van der Waals surface area contributed by atoms with Gasteiger partial charge in [-0.3, -0.25) is 0 Å². The van der Waals surface area contributed by atoms with Gasteiger partial charge in [-0.25, -0.2) is 0 Å². The second kappa shape index (κ2) is 6.26. The highest BCUT2D eigenvalue weighted by Crippen LogP contribution is 2.32.